The Balaban J connectivity index is 0.616. The second kappa shape index (κ2) is 17.4. The topological polar surface area (TPSA) is 222 Å². The number of fused-ring (bicyclic) bond motifs is 1. The maximum atomic E-state index is 15.3. The van der Waals surface area contributed by atoms with Crippen LogP contribution in [0.1, 0.15) is 71.0 Å². The van der Waals surface area contributed by atoms with E-state index in [4.69, 9.17) is 30.1 Å². The fourth-order valence-electron chi connectivity index (χ4n) is 10.7. The molecule has 5 saturated heterocycles. The molecule has 4 N–H and O–H groups in total. The van der Waals surface area contributed by atoms with Crippen LogP contribution < -0.4 is 26.2 Å². The number of rotatable bonds is 11. The van der Waals surface area contributed by atoms with Crippen LogP contribution in [0.4, 0.5) is 36.5 Å². The number of amides is 3. The molecule has 5 aromatic rings. The molecule has 6 fully saturated rings. The first-order valence-electron chi connectivity index (χ1n) is 24.0. The van der Waals surface area contributed by atoms with Crippen LogP contribution in [0.15, 0.2) is 35.4 Å². The summed E-state index contributed by atoms with van der Waals surface area (Å²) in [5.74, 6) is -0.444. The van der Waals surface area contributed by atoms with E-state index in [0.717, 1.165) is 63.3 Å². The van der Waals surface area contributed by atoms with Crippen molar-refractivity contribution in [3.05, 3.63) is 48.2 Å². The van der Waals surface area contributed by atoms with E-state index in [1.165, 1.54) is 18.5 Å². The highest BCUT2D eigenvalue weighted by atomic mass is 19.1. The van der Waals surface area contributed by atoms with Crippen LogP contribution in [-0.2, 0) is 19.9 Å². The summed E-state index contributed by atoms with van der Waals surface area (Å²) in [5.41, 5.74) is 9.42. The lowest BCUT2D eigenvalue weighted by atomic mass is 9.73. The molecule has 1 atom stereocenters. The number of halogens is 2. The van der Waals surface area contributed by atoms with Crippen molar-refractivity contribution in [2.45, 2.75) is 82.8 Å². The fraction of sp³-hybridized carbons (Fsp3) is 0.553. The summed E-state index contributed by atoms with van der Waals surface area (Å²) in [5, 5.41) is 15.2. The lowest BCUT2D eigenvalue weighted by molar-refractivity contribution is -0.133. The van der Waals surface area contributed by atoms with Gasteiger partial charge in [-0.2, -0.15) is 5.10 Å². The first-order chi connectivity index (χ1) is 33.2. The Hall–Kier alpha value is -6.55. The number of anilines is 4. The Morgan fingerprint density at radius 3 is 2.29 bits per heavy atom. The fourth-order valence-corrected chi connectivity index (χ4v) is 10.7. The minimum atomic E-state index is -0.728. The number of piperazine rings is 1. The van der Waals surface area contributed by atoms with Gasteiger partial charge in [0.2, 0.25) is 11.8 Å². The Kier molecular flexibility index (Phi) is 11.4. The van der Waals surface area contributed by atoms with Gasteiger partial charge in [-0.1, -0.05) is 5.16 Å². The van der Waals surface area contributed by atoms with E-state index in [1.807, 2.05) is 37.8 Å². The van der Waals surface area contributed by atoms with Gasteiger partial charge in [-0.05, 0) is 78.1 Å². The summed E-state index contributed by atoms with van der Waals surface area (Å²) in [6.45, 7) is 14.1. The molecule has 9 heterocycles. The molecule has 6 aliphatic rings. The summed E-state index contributed by atoms with van der Waals surface area (Å²) in [4.78, 5) is 65.5. The first-order valence-corrected chi connectivity index (χ1v) is 24.0. The number of piperidine rings is 2. The number of nitrogens with two attached hydrogens (primary N) is 1. The number of carbonyl (C=O) groups excluding carboxylic acids is 3. The summed E-state index contributed by atoms with van der Waals surface area (Å²) in [7, 11) is 0. The highest BCUT2D eigenvalue weighted by molar-refractivity contribution is 6.02. The van der Waals surface area contributed by atoms with Gasteiger partial charge in [0.1, 0.15) is 41.9 Å². The maximum absolute atomic E-state index is 15.3. The van der Waals surface area contributed by atoms with Crippen LogP contribution in [-0.4, -0.2) is 158 Å². The second-order valence-corrected chi connectivity index (χ2v) is 20.6. The number of hydrogen-bond donors (Lipinski definition) is 3. The number of hydrogen-bond acceptors (Lipinski definition) is 17. The summed E-state index contributed by atoms with van der Waals surface area (Å²) in [6, 6.07) is 2.07. The van der Waals surface area contributed by atoms with E-state index < -0.39 is 23.6 Å². The quantitative estimate of drug-likeness (QED) is 0.158. The van der Waals surface area contributed by atoms with Gasteiger partial charge >= 0.3 is 6.09 Å². The van der Waals surface area contributed by atoms with Crippen LogP contribution in [0.3, 0.4) is 0 Å². The van der Waals surface area contributed by atoms with Crippen molar-refractivity contribution in [2.24, 2.45) is 5.41 Å². The third kappa shape index (κ3) is 8.65. The average Bonchev–Trinajstić information content (AvgIpc) is 3.91. The molecule has 1 aliphatic carbocycles. The lowest BCUT2D eigenvalue weighted by Crippen LogP contribution is -2.73. The smallest absolute Gasteiger partial charge is 0.409 e. The largest absolute Gasteiger partial charge is 0.448 e. The van der Waals surface area contributed by atoms with Gasteiger partial charge < -0.3 is 35.0 Å². The molecule has 11 rings (SSSR count). The number of aromatic nitrogens is 7. The SMILES string of the molecule is CC(C)(C)n1nc(-c2noc(C3CC3)c2-c2ncc(N3CC4(CN(C(=O)OCCN5CCC(N6CCN(c7c(F)cc(N[C@@H]8CCC(=O)NC8=O)cc7F)CC6)CC5)C4)C3)cn2)c2c(N)ncnc21. The van der Waals surface area contributed by atoms with E-state index in [-0.39, 0.29) is 53.1 Å². The molecule has 0 unspecified atom stereocenters. The van der Waals surface area contributed by atoms with Gasteiger partial charge in [0, 0.05) is 88.4 Å². The van der Waals surface area contributed by atoms with Gasteiger partial charge in [0.25, 0.3) is 0 Å². The van der Waals surface area contributed by atoms with E-state index in [2.05, 4.69) is 40.5 Å². The van der Waals surface area contributed by atoms with Crippen LogP contribution in [0, 0.1) is 17.0 Å². The van der Waals surface area contributed by atoms with Crippen molar-refractivity contribution < 1.29 is 32.4 Å². The molecule has 1 saturated carbocycles. The molecule has 22 heteroatoms. The highest BCUT2D eigenvalue weighted by Crippen LogP contribution is 2.48. The monoisotopic (exact) mass is 949 g/mol. The third-order valence-corrected chi connectivity index (χ3v) is 14.5. The molecule has 3 amide bonds. The molecule has 1 spiro atoms. The minimum absolute atomic E-state index is 0.0184. The Bertz CT molecular complexity index is 2760. The second-order valence-electron chi connectivity index (χ2n) is 20.6. The van der Waals surface area contributed by atoms with Crippen molar-refractivity contribution in [1.82, 2.24) is 54.9 Å². The molecule has 20 nitrogen and oxygen atoms in total. The van der Waals surface area contributed by atoms with Crippen LogP contribution >= 0.6 is 0 Å². The number of ether oxygens (including phenoxy) is 1. The Labute approximate surface area is 396 Å². The van der Waals surface area contributed by atoms with E-state index in [1.54, 1.807) is 9.80 Å². The molecule has 69 heavy (non-hydrogen) atoms. The number of nitrogen functional groups attached to an aromatic ring is 1. The van der Waals surface area contributed by atoms with E-state index in [9.17, 15) is 14.4 Å². The van der Waals surface area contributed by atoms with Crippen molar-refractivity contribution in [3.63, 3.8) is 0 Å². The predicted molar refractivity (Wildman–Crippen MR) is 250 cm³/mol. The number of nitrogens with one attached hydrogen (secondary N) is 2. The molecular formula is C47H57F2N15O5. The Morgan fingerprint density at radius 2 is 1.62 bits per heavy atom. The number of nitrogens with zero attached hydrogens (tertiary/aromatic N) is 12. The first kappa shape index (κ1) is 44.9. The molecule has 0 bridgehead atoms. The molecule has 5 aliphatic heterocycles. The molecule has 4 aromatic heterocycles. The van der Waals surface area contributed by atoms with Gasteiger partial charge in [0.15, 0.2) is 28.9 Å². The number of carbonyl (C=O) groups is 3. The van der Waals surface area contributed by atoms with Crippen molar-refractivity contribution in [1.29, 1.82) is 0 Å². The predicted octanol–water partition coefficient (Wildman–Crippen LogP) is 4.19. The van der Waals surface area contributed by atoms with E-state index >= 15 is 8.78 Å². The van der Waals surface area contributed by atoms with Crippen LogP contribution in [0.5, 0.6) is 0 Å². The van der Waals surface area contributed by atoms with Crippen molar-refractivity contribution in [3.8, 4) is 22.8 Å². The zero-order valence-electron chi connectivity index (χ0n) is 39.1. The molecule has 364 valence electrons. The van der Waals surface area contributed by atoms with E-state index in [0.29, 0.717) is 98.1 Å². The number of imide groups is 1. The minimum Gasteiger partial charge on any atom is -0.448 e. The van der Waals surface area contributed by atoms with Crippen LogP contribution in [0.2, 0.25) is 0 Å². The number of benzene rings is 1. The summed E-state index contributed by atoms with van der Waals surface area (Å²) in [6.07, 6.45) is 9.18. The van der Waals surface area contributed by atoms with Crippen molar-refractivity contribution in [2.75, 3.05) is 99.4 Å². The van der Waals surface area contributed by atoms with Crippen molar-refractivity contribution >= 4 is 51.8 Å². The molecule has 0 radical (unpaired) electrons. The maximum Gasteiger partial charge on any atom is 0.409 e. The normalized spacial score (nSPS) is 21.4. The Morgan fingerprint density at radius 1 is 0.913 bits per heavy atom. The summed E-state index contributed by atoms with van der Waals surface area (Å²) >= 11 is 0. The average molecular weight is 950 g/mol. The zero-order chi connectivity index (χ0) is 47.8. The highest BCUT2D eigenvalue weighted by Gasteiger charge is 2.54. The molecule has 1 aromatic carbocycles. The lowest BCUT2D eigenvalue weighted by Gasteiger charge is -2.60. The van der Waals surface area contributed by atoms with Gasteiger partial charge in [-0.15, -0.1) is 0 Å². The zero-order valence-corrected chi connectivity index (χ0v) is 39.1. The standard InChI is InChI=1S/C47H57F2N15O5/c1-46(2,3)64-43-36(41(50)53-26-54-43)37(57-64)38-35(40(69-58-38)27-4-5-27)42-51-20-30(21-52-42)62-22-47(23-62)24-63(25-47)45(67)68-17-16-59-10-8-29(9-11-59)60-12-14-61(15-13-60)39-31(48)18-28(19-32(39)49)55-33-6-7-34(65)56-44(33)66/h18-21,26-27,29,33,55H,4-17,22-25H2,1-3H3,(H2,50,53,54)(H,56,65,66)/t33-/m1/s1. The van der Waals surface area contributed by atoms with Crippen LogP contribution in [0.25, 0.3) is 33.8 Å². The third-order valence-electron chi connectivity index (χ3n) is 14.5. The van der Waals surface area contributed by atoms with Gasteiger partial charge in [0.05, 0.1) is 34.6 Å². The van der Waals surface area contributed by atoms with Gasteiger partial charge in [-0.25, -0.2) is 38.2 Å². The molecular weight excluding hydrogens is 893 g/mol. The summed E-state index contributed by atoms with van der Waals surface area (Å²) < 4.78 is 44.1. The number of likely N-dealkylation sites (tertiary alicyclic amines) is 2. The van der Waals surface area contributed by atoms with Gasteiger partial charge in [-0.3, -0.25) is 24.7 Å².